The molecular formula is C15H22N2. The van der Waals surface area contributed by atoms with Gasteiger partial charge in [-0.1, -0.05) is 18.2 Å². The van der Waals surface area contributed by atoms with Gasteiger partial charge in [0.2, 0.25) is 0 Å². The Morgan fingerprint density at radius 2 is 2.00 bits per heavy atom. The minimum Gasteiger partial charge on any atom is -0.350 e. The molecule has 1 aromatic carbocycles. The van der Waals surface area contributed by atoms with E-state index in [1.807, 2.05) is 0 Å². The van der Waals surface area contributed by atoms with Crippen LogP contribution < -0.4 is 0 Å². The van der Waals surface area contributed by atoms with E-state index in [0.717, 1.165) is 6.54 Å². The number of hydrogen-bond donors (Lipinski definition) is 0. The van der Waals surface area contributed by atoms with Crippen molar-refractivity contribution in [2.45, 2.75) is 19.8 Å². The third kappa shape index (κ3) is 2.52. The summed E-state index contributed by atoms with van der Waals surface area (Å²) in [6.07, 6.45) is 4.67. The number of hydrogen-bond acceptors (Lipinski definition) is 1. The van der Waals surface area contributed by atoms with E-state index in [9.17, 15) is 0 Å². The van der Waals surface area contributed by atoms with E-state index < -0.39 is 0 Å². The molecule has 2 aromatic rings. The fraction of sp³-hybridized carbons (Fsp3) is 0.467. The van der Waals surface area contributed by atoms with Gasteiger partial charge >= 0.3 is 0 Å². The second-order valence-electron chi connectivity index (χ2n) is 5.14. The van der Waals surface area contributed by atoms with Gasteiger partial charge in [0.05, 0.1) is 5.52 Å². The zero-order valence-corrected chi connectivity index (χ0v) is 11.3. The Morgan fingerprint density at radius 1 is 1.24 bits per heavy atom. The van der Waals surface area contributed by atoms with E-state index in [2.05, 4.69) is 61.9 Å². The second-order valence-corrected chi connectivity index (χ2v) is 5.14. The fourth-order valence-corrected chi connectivity index (χ4v) is 2.54. The summed E-state index contributed by atoms with van der Waals surface area (Å²) in [6, 6.07) is 6.59. The lowest BCUT2D eigenvalue weighted by molar-refractivity contribution is 0.400. The summed E-state index contributed by atoms with van der Waals surface area (Å²) in [4.78, 5) is 2.25. The fourth-order valence-electron chi connectivity index (χ4n) is 2.54. The van der Waals surface area contributed by atoms with Gasteiger partial charge in [-0.05, 0) is 51.5 Å². The first-order valence-electron chi connectivity index (χ1n) is 6.28. The Morgan fingerprint density at radius 3 is 2.71 bits per heavy atom. The smallest absolute Gasteiger partial charge is 0.0510 e. The quantitative estimate of drug-likeness (QED) is 0.784. The summed E-state index contributed by atoms with van der Waals surface area (Å²) in [5.74, 6) is 0. The van der Waals surface area contributed by atoms with E-state index in [1.165, 1.54) is 34.9 Å². The highest BCUT2D eigenvalue weighted by atomic mass is 15.0. The van der Waals surface area contributed by atoms with Gasteiger partial charge in [-0.25, -0.2) is 0 Å². The minimum atomic E-state index is 1.15. The number of fused-ring (bicyclic) bond motifs is 1. The van der Waals surface area contributed by atoms with Crippen LogP contribution in [0.2, 0.25) is 0 Å². The largest absolute Gasteiger partial charge is 0.350 e. The maximum absolute atomic E-state index is 2.29. The highest BCUT2D eigenvalue weighted by Gasteiger charge is 2.07. The predicted molar refractivity (Wildman–Crippen MR) is 74.5 cm³/mol. The minimum absolute atomic E-state index is 1.15. The zero-order chi connectivity index (χ0) is 12.4. The summed E-state index contributed by atoms with van der Waals surface area (Å²) >= 11 is 0. The molecule has 0 aliphatic rings. The molecule has 2 nitrogen and oxygen atoms in total. The number of para-hydroxylation sites is 1. The Hall–Kier alpha value is -1.28. The number of benzene rings is 1. The number of aryl methyl sites for hydroxylation is 3. The number of rotatable bonds is 4. The van der Waals surface area contributed by atoms with Gasteiger partial charge in [-0.15, -0.1) is 0 Å². The predicted octanol–water partition coefficient (Wildman–Crippen LogP) is 2.98. The average Bonchev–Trinajstić information content (AvgIpc) is 2.57. The van der Waals surface area contributed by atoms with Crippen LogP contribution in [0.25, 0.3) is 10.9 Å². The van der Waals surface area contributed by atoms with Crippen LogP contribution in [-0.4, -0.2) is 30.1 Å². The molecule has 0 saturated heterocycles. The van der Waals surface area contributed by atoms with Gasteiger partial charge in [0.15, 0.2) is 0 Å². The van der Waals surface area contributed by atoms with Crippen molar-refractivity contribution >= 4 is 10.9 Å². The van der Waals surface area contributed by atoms with Gasteiger partial charge in [0.1, 0.15) is 0 Å². The molecule has 2 heteroatoms. The SMILES string of the molecule is Cc1cccc2c(CCCN(C)C)cn(C)c12. The number of nitrogens with zero attached hydrogens (tertiary/aromatic N) is 2. The maximum atomic E-state index is 2.29. The molecule has 17 heavy (non-hydrogen) atoms. The van der Waals surface area contributed by atoms with E-state index >= 15 is 0 Å². The summed E-state index contributed by atoms with van der Waals surface area (Å²) in [6.45, 7) is 3.34. The van der Waals surface area contributed by atoms with Crippen molar-refractivity contribution in [3.05, 3.63) is 35.5 Å². The molecule has 2 rings (SSSR count). The molecule has 0 atom stereocenters. The van der Waals surface area contributed by atoms with Gasteiger partial charge in [0.25, 0.3) is 0 Å². The lowest BCUT2D eigenvalue weighted by Gasteiger charge is -2.08. The summed E-state index contributed by atoms with van der Waals surface area (Å²) in [5.41, 5.74) is 4.23. The molecule has 0 amide bonds. The Labute approximate surface area is 104 Å². The lowest BCUT2D eigenvalue weighted by atomic mass is 10.1. The molecule has 0 saturated carbocycles. The van der Waals surface area contributed by atoms with Crippen LogP contribution in [0.4, 0.5) is 0 Å². The molecule has 0 fully saturated rings. The first-order valence-corrected chi connectivity index (χ1v) is 6.28. The Balaban J connectivity index is 2.26. The van der Waals surface area contributed by atoms with Crippen molar-refractivity contribution in [1.29, 1.82) is 0 Å². The second kappa shape index (κ2) is 4.92. The normalized spacial score (nSPS) is 11.6. The van der Waals surface area contributed by atoms with Crippen LogP contribution in [0.3, 0.4) is 0 Å². The van der Waals surface area contributed by atoms with Crippen LogP contribution in [0.5, 0.6) is 0 Å². The molecule has 0 aliphatic heterocycles. The standard InChI is InChI=1S/C15H22N2/c1-12-7-5-9-14-13(8-6-10-16(2)3)11-17(4)15(12)14/h5,7,9,11H,6,8,10H2,1-4H3. The first kappa shape index (κ1) is 12.2. The highest BCUT2D eigenvalue weighted by Crippen LogP contribution is 2.24. The summed E-state index contributed by atoms with van der Waals surface area (Å²) in [5, 5.41) is 1.42. The third-order valence-corrected chi connectivity index (χ3v) is 3.34. The van der Waals surface area contributed by atoms with Gasteiger partial charge in [-0.3, -0.25) is 0 Å². The molecule has 0 radical (unpaired) electrons. The van der Waals surface area contributed by atoms with E-state index in [4.69, 9.17) is 0 Å². The lowest BCUT2D eigenvalue weighted by Crippen LogP contribution is -2.13. The molecule has 0 aliphatic carbocycles. The Kier molecular flexibility index (Phi) is 3.53. The first-order chi connectivity index (χ1) is 8.09. The molecule has 0 bridgehead atoms. The van der Waals surface area contributed by atoms with Crippen LogP contribution in [-0.2, 0) is 13.5 Å². The van der Waals surface area contributed by atoms with Crippen molar-refractivity contribution in [3.8, 4) is 0 Å². The average molecular weight is 230 g/mol. The van der Waals surface area contributed by atoms with Gasteiger partial charge < -0.3 is 9.47 Å². The highest BCUT2D eigenvalue weighted by molar-refractivity contribution is 5.86. The van der Waals surface area contributed by atoms with Crippen LogP contribution in [0.1, 0.15) is 17.5 Å². The van der Waals surface area contributed by atoms with Gasteiger partial charge in [-0.2, -0.15) is 0 Å². The van der Waals surface area contributed by atoms with E-state index in [-0.39, 0.29) is 0 Å². The molecule has 0 N–H and O–H groups in total. The topological polar surface area (TPSA) is 8.17 Å². The van der Waals surface area contributed by atoms with Crippen molar-refractivity contribution in [1.82, 2.24) is 9.47 Å². The third-order valence-electron chi connectivity index (χ3n) is 3.34. The molecule has 0 spiro atoms. The van der Waals surface area contributed by atoms with Crippen molar-refractivity contribution in [3.63, 3.8) is 0 Å². The summed E-state index contributed by atoms with van der Waals surface area (Å²) < 4.78 is 2.26. The van der Waals surface area contributed by atoms with Crippen LogP contribution in [0.15, 0.2) is 24.4 Å². The maximum Gasteiger partial charge on any atom is 0.0510 e. The van der Waals surface area contributed by atoms with Crippen LogP contribution in [0, 0.1) is 6.92 Å². The number of aromatic nitrogens is 1. The van der Waals surface area contributed by atoms with Gasteiger partial charge in [0, 0.05) is 18.6 Å². The molecule has 1 aromatic heterocycles. The Bertz CT molecular complexity index is 509. The van der Waals surface area contributed by atoms with Crippen molar-refractivity contribution < 1.29 is 0 Å². The molecule has 0 unspecified atom stereocenters. The van der Waals surface area contributed by atoms with E-state index in [0.29, 0.717) is 0 Å². The van der Waals surface area contributed by atoms with Crippen molar-refractivity contribution in [2.75, 3.05) is 20.6 Å². The molecule has 1 heterocycles. The zero-order valence-electron chi connectivity index (χ0n) is 11.3. The van der Waals surface area contributed by atoms with Crippen LogP contribution >= 0.6 is 0 Å². The molecular weight excluding hydrogens is 208 g/mol. The monoisotopic (exact) mass is 230 g/mol. The van der Waals surface area contributed by atoms with E-state index in [1.54, 1.807) is 0 Å². The van der Waals surface area contributed by atoms with Crippen molar-refractivity contribution in [2.24, 2.45) is 7.05 Å². The summed E-state index contributed by atoms with van der Waals surface area (Å²) in [7, 11) is 6.41. The molecule has 92 valence electrons.